The number of carbonyl (C=O) groups excluding carboxylic acids is 1. The van der Waals surface area contributed by atoms with E-state index >= 15 is 0 Å². The number of nitrogens with one attached hydrogen (secondary N) is 1. The number of nitrogens with zero attached hydrogens (tertiary/aromatic N) is 2. The maximum Gasteiger partial charge on any atom is 0.317 e. The lowest BCUT2D eigenvalue weighted by atomic mass is 10.1. The second kappa shape index (κ2) is 7.81. The van der Waals surface area contributed by atoms with E-state index in [4.69, 9.17) is 0 Å². The molecular formula is C19H22FN3O. The predicted octanol–water partition coefficient (Wildman–Crippen LogP) is 2.90. The maximum absolute atomic E-state index is 13.0. The number of urea groups is 1. The molecule has 0 aliphatic carbocycles. The van der Waals surface area contributed by atoms with Crippen LogP contribution in [0.4, 0.5) is 14.9 Å². The second-order valence-corrected chi connectivity index (χ2v) is 5.92. The second-order valence-electron chi connectivity index (χ2n) is 5.92. The lowest BCUT2D eigenvalue weighted by Crippen LogP contribution is -2.52. The minimum Gasteiger partial charge on any atom is -0.368 e. The molecule has 126 valence electrons. The van der Waals surface area contributed by atoms with E-state index < -0.39 is 0 Å². The Morgan fingerprint density at radius 2 is 1.62 bits per heavy atom. The molecule has 0 radical (unpaired) electrons. The number of hydrogen-bond acceptors (Lipinski definition) is 2. The SMILES string of the molecule is O=C(NCCc1ccccc1)N1CCN(c2ccc(F)cc2)CC1. The molecule has 24 heavy (non-hydrogen) atoms. The Labute approximate surface area is 141 Å². The molecule has 0 atom stereocenters. The van der Waals surface area contributed by atoms with Crippen molar-refractivity contribution >= 4 is 11.7 Å². The molecule has 2 amide bonds. The zero-order valence-electron chi connectivity index (χ0n) is 13.6. The van der Waals surface area contributed by atoms with Gasteiger partial charge >= 0.3 is 6.03 Å². The fourth-order valence-electron chi connectivity index (χ4n) is 2.89. The van der Waals surface area contributed by atoms with Gasteiger partial charge in [-0.15, -0.1) is 0 Å². The van der Waals surface area contributed by atoms with Crippen molar-refractivity contribution in [3.63, 3.8) is 0 Å². The van der Waals surface area contributed by atoms with E-state index in [0.29, 0.717) is 19.6 Å². The zero-order valence-corrected chi connectivity index (χ0v) is 13.6. The van der Waals surface area contributed by atoms with E-state index in [-0.39, 0.29) is 11.8 Å². The van der Waals surface area contributed by atoms with Gasteiger partial charge in [0.1, 0.15) is 5.82 Å². The summed E-state index contributed by atoms with van der Waals surface area (Å²) in [5.74, 6) is -0.227. The third kappa shape index (κ3) is 4.25. The van der Waals surface area contributed by atoms with Crippen LogP contribution in [0.15, 0.2) is 54.6 Å². The molecule has 0 saturated carbocycles. The quantitative estimate of drug-likeness (QED) is 0.937. The number of benzene rings is 2. The molecule has 1 aliphatic rings. The van der Waals surface area contributed by atoms with E-state index in [2.05, 4.69) is 22.3 Å². The van der Waals surface area contributed by atoms with Gasteiger partial charge in [-0.3, -0.25) is 0 Å². The van der Waals surface area contributed by atoms with Crippen LogP contribution in [0.3, 0.4) is 0 Å². The van der Waals surface area contributed by atoms with Crippen LogP contribution in [0.2, 0.25) is 0 Å². The summed E-state index contributed by atoms with van der Waals surface area (Å²) < 4.78 is 13.0. The Balaban J connectivity index is 1.42. The summed E-state index contributed by atoms with van der Waals surface area (Å²) in [5, 5.41) is 2.98. The lowest BCUT2D eigenvalue weighted by Gasteiger charge is -2.36. The van der Waals surface area contributed by atoms with E-state index in [1.54, 1.807) is 12.1 Å². The van der Waals surface area contributed by atoms with Crippen LogP contribution in [-0.4, -0.2) is 43.7 Å². The standard InChI is InChI=1S/C19H22FN3O/c20-17-6-8-18(9-7-17)22-12-14-23(15-13-22)19(24)21-11-10-16-4-2-1-3-5-16/h1-9H,10-15H2,(H,21,24). The first-order valence-corrected chi connectivity index (χ1v) is 8.29. The van der Waals surface area contributed by atoms with Crippen molar-refractivity contribution in [2.24, 2.45) is 0 Å². The van der Waals surface area contributed by atoms with Crippen molar-refractivity contribution in [3.05, 3.63) is 66.0 Å². The van der Waals surface area contributed by atoms with Gasteiger partial charge < -0.3 is 15.1 Å². The normalized spacial score (nSPS) is 14.5. The van der Waals surface area contributed by atoms with Gasteiger partial charge in [0, 0.05) is 38.4 Å². The fraction of sp³-hybridized carbons (Fsp3) is 0.316. The van der Waals surface area contributed by atoms with Gasteiger partial charge in [0.05, 0.1) is 0 Å². The molecule has 1 fully saturated rings. The summed E-state index contributed by atoms with van der Waals surface area (Å²) in [5.41, 5.74) is 2.22. The Hall–Kier alpha value is -2.56. The third-order valence-electron chi connectivity index (χ3n) is 4.29. The van der Waals surface area contributed by atoms with E-state index in [1.807, 2.05) is 23.1 Å². The van der Waals surface area contributed by atoms with Crippen LogP contribution in [0, 0.1) is 5.82 Å². The summed E-state index contributed by atoms with van der Waals surface area (Å²) in [4.78, 5) is 16.2. The molecule has 2 aromatic rings. The average Bonchev–Trinajstić information content (AvgIpc) is 2.63. The van der Waals surface area contributed by atoms with Crippen molar-refractivity contribution in [3.8, 4) is 0 Å². The molecule has 4 nitrogen and oxygen atoms in total. The molecule has 5 heteroatoms. The van der Waals surface area contributed by atoms with Gasteiger partial charge in [0.25, 0.3) is 0 Å². The molecule has 1 saturated heterocycles. The fourth-order valence-corrected chi connectivity index (χ4v) is 2.89. The Morgan fingerprint density at radius 1 is 0.958 bits per heavy atom. The van der Waals surface area contributed by atoms with Crippen molar-refractivity contribution in [1.82, 2.24) is 10.2 Å². The number of piperazine rings is 1. The van der Waals surface area contributed by atoms with Gasteiger partial charge in [-0.2, -0.15) is 0 Å². The molecule has 0 unspecified atom stereocenters. The monoisotopic (exact) mass is 327 g/mol. The summed E-state index contributed by atoms with van der Waals surface area (Å²) in [6.45, 7) is 3.51. The van der Waals surface area contributed by atoms with Crippen LogP contribution in [0.5, 0.6) is 0 Å². The van der Waals surface area contributed by atoms with E-state index in [0.717, 1.165) is 25.2 Å². The Bertz CT molecular complexity index is 652. The van der Waals surface area contributed by atoms with Crippen LogP contribution < -0.4 is 10.2 Å². The van der Waals surface area contributed by atoms with E-state index in [1.165, 1.54) is 17.7 Å². The molecule has 0 bridgehead atoms. The first-order valence-electron chi connectivity index (χ1n) is 8.29. The first-order chi connectivity index (χ1) is 11.7. The van der Waals surface area contributed by atoms with Crippen LogP contribution in [0.25, 0.3) is 0 Å². The van der Waals surface area contributed by atoms with Gasteiger partial charge in [0.2, 0.25) is 0 Å². The van der Waals surface area contributed by atoms with Gasteiger partial charge in [-0.1, -0.05) is 30.3 Å². The van der Waals surface area contributed by atoms with Crippen LogP contribution >= 0.6 is 0 Å². The number of amides is 2. The number of carbonyl (C=O) groups is 1. The van der Waals surface area contributed by atoms with E-state index in [9.17, 15) is 9.18 Å². The molecule has 1 aliphatic heterocycles. The van der Waals surface area contributed by atoms with Gasteiger partial charge in [0.15, 0.2) is 0 Å². The Kier molecular flexibility index (Phi) is 5.31. The zero-order chi connectivity index (χ0) is 16.8. The molecule has 3 rings (SSSR count). The van der Waals surface area contributed by atoms with Crippen molar-refractivity contribution in [2.45, 2.75) is 6.42 Å². The average molecular weight is 327 g/mol. The van der Waals surface area contributed by atoms with Gasteiger partial charge in [-0.25, -0.2) is 9.18 Å². The Morgan fingerprint density at radius 3 is 2.29 bits per heavy atom. The van der Waals surface area contributed by atoms with Crippen LogP contribution in [0.1, 0.15) is 5.56 Å². The first kappa shape index (κ1) is 16.3. The summed E-state index contributed by atoms with van der Waals surface area (Å²) >= 11 is 0. The highest BCUT2D eigenvalue weighted by Gasteiger charge is 2.20. The smallest absolute Gasteiger partial charge is 0.317 e. The highest BCUT2D eigenvalue weighted by Crippen LogP contribution is 2.16. The molecule has 0 aromatic heterocycles. The number of hydrogen-bond donors (Lipinski definition) is 1. The van der Waals surface area contributed by atoms with Crippen molar-refractivity contribution in [1.29, 1.82) is 0 Å². The highest BCUT2D eigenvalue weighted by atomic mass is 19.1. The number of rotatable bonds is 4. The number of halogens is 1. The third-order valence-corrected chi connectivity index (χ3v) is 4.29. The largest absolute Gasteiger partial charge is 0.368 e. The number of anilines is 1. The summed E-state index contributed by atoms with van der Waals surface area (Å²) in [6.07, 6.45) is 0.835. The predicted molar refractivity (Wildman–Crippen MR) is 93.7 cm³/mol. The minimum absolute atomic E-state index is 0.00955. The van der Waals surface area contributed by atoms with Crippen LogP contribution in [-0.2, 0) is 6.42 Å². The summed E-state index contributed by atoms with van der Waals surface area (Å²) in [6, 6.07) is 16.6. The molecule has 1 N–H and O–H groups in total. The van der Waals surface area contributed by atoms with Crippen molar-refractivity contribution < 1.29 is 9.18 Å². The summed E-state index contributed by atoms with van der Waals surface area (Å²) in [7, 11) is 0. The minimum atomic E-state index is -0.227. The molecule has 0 spiro atoms. The topological polar surface area (TPSA) is 35.6 Å². The molecule has 2 aromatic carbocycles. The maximum atomic E-state index is 13.0. The highest BCUT2D eigenvalue weighted by molar-refractivity contribution is 5.74. The molecule has 1 heterocycles. The van der Waals surface area contributed by atoms with Gasteiger partial charge in [-0.05, 0) is 36.2 Å². The lowest BCUT2D eigenvalue weighted by molar-refractivity contribution is 0.194. The molecular weight excluding hydrogens is 305 g/mol. The van der Waals surface area contributed by atoms with Crippen molar-refractivity contribution in [2.75, 3.05) is 37.6 Å².